The number of aromatic nitrogens is 3. The van der Waals surface area contributed by atoms with Crippen LogP contribution < -0.4 is 9.04 Å². The zero-order chi connectivity index (χ0) is 22.0. The summed E-state index contributed by atoms with van der Waals surface area (Å²) >= 11 is 0. The van der Waals surface area contributed by atoms with Crippen LogP contribution in [0.15, 0.2) is 42.6 Å². The van der Waals surface area contributed by atoms with Crippen LogP contribution in [0.4, 0.5) is 5.69 Å². The Morgan fingerprint density at radius 2 is 1.81 bits per heavy atom. The number of nitrogens with one attached hydrogen (secondary N) is 1. The van der Waals surface area contributed by atoms with Gasteiger partial charge in [0.1, 0.15) is 11.4 Å². The molecule has 4 rings (SSSR count). The van der Waals surface area contributed by atoms with Crippen molar-refractivity contribution in [3.05, 3.63) is 48.3 Å². The molecular formula is C21H24N4O5S. The van der Waals surface area contributed by atoms with Crippen molar-refractivity contribution in [2.24, 2.45) is 0 Å². The molecule has 1 amide bonds. The molecule has 0 spiro atoms. The third kappa shape index (κ3) is 4.54. The normalized spacial score (nSPS) is 19.3. The van der Waals surface area contributed by atoms with Crippen molar-refractivity contribution in [1.29, 1.82) is 0 Å². The number of nitrogens with zero attached hydrogens (tertiary/aromatic N) is 3. The first kappa shape index (κ1) is 21.3. The molecule has 0 aliphatic heterocycles. The van der Waals surface area contributed by atoms with Crippen LogP contribution in [0, 0.1) is 0 Å². The minimum Gasteiger partial charge on any atom is -0.490 e. The van der Waals surface area contributed by atoms with E-state index in [1.54, 1.807) is 43.6 Å². The van der Waals surface area contributed by atoms with E-state index in [1.165, 1.54) is 6.07 Å². The number of para-hydroxylation sites is 1. The van der Waals surface area contributed by atoms with Gasteiger partial charge in [0.15, 0.2) is 5.65 Å². The summed E-state index contributed by atoms with van der Waals surface area (Å²) in [5.74, 6) is -0.317. The van der Waals surface area contributed by atoms with Crippen LogP contribution in [0.2, 0.25) is 0 Å². The molecule has 0 radical (unpaired) electrons. The highest BCUT2D eigenvalue weighted by atomic mass is 32.2. The highest BCUT2D eigenvalue weighted by Gasteiger charge is 2.29. The van der Waals surface area contributed by atoms with E-state index in [9.17, 15) is 13.2 Å². The molecule has 9 nitrogen and oxygen atoms in total. The summed E-state index contributed by atoms with van der Waals surface area (Å²) in [7, 11) is -2.18. The third-order valence-electron chi connectivity index (χ3n) is 5.36. The van der Waals surface area contributed by atoms with E-state index in [4.69, 9.17) is 9.47 Å². The van der Waals surface area contributed by atoms with Crippen LogP contribution in [0.3, 0.4) is 0 Å². The number of anilines is 1. The van der Waals surface area contributed by atoms with Gasteiger partial charge in [-0.25, -0.2) is 17.7 Å². The fraction of sp³-hybridized carbons (Fsp3) is 0.381. The van der Waals surface area contributed by atoms with E-state index in [0.717, 1.165) is 36.2 Å². The fourth-order valence-electron chi connectivity index (χ4n) is 3.80. The van der Waals surface area contributed by atoms with E-state index in [0.29, 0.717) is 16.8 Å². The lowest BCUT2D eigenvalue weighted by Crippen LogP contribution is -2.36. The Labute approximate surface area is 180 Å². The second-order valence-electron chi connectivity index (χ2n) is 7.56. The van der Waals surface area contributed by atoms with E-state index < -0.39 is 15.9 Å². The van der Waals surface area contributed by atoms with E-state index in [-0.39, 0.29) is 23.6 Å². The number of aromatic amines is 1. The van der Waals surface area contributed by atoms with Gasteiger partial charge in [-0.1, -0.05) is 18.2 Å². The van der Waals surface area contributed by atoms with Crippen LogP contribution in [-0.2, 0) is 14.8 Å². The number of hydrogen-bond acceptors (Lipinski definition) is 7. The van der Waals surface area contributed by atoms with Crippen LogP contribution in [0.25, 0.3) is 11.0 Å². The number of ether oxygens (including phenoxy) is 2. The predicted octanol–water partition coefficient (Wildman–Crippen LogP) is 2.90. The number of H-pyrrole nitrogens is 1. The van der Waals surface area contributed by atoms with Crippen LogP contribution in [0.5, 0.6) is 5.75 Å². The van der Waals surface area contributed by atoms with Crippen molar-refractivity contribution < 1.29 is 22.7 Å². The largest absolute Gasteiger partial charge is 0.490 e. The average Bonchev–Trinajstić information content (AvgIpc) is 3.23. The van der Waals surface area contributed by atoms with Gasteiger partial charge in [0, 0.05) is 13.2 Å². The number of hydrogen-bond donors (Lipinski definition) is 1. The summed E-state index contributed by atoms with van der Waals surface area (Å²) in [5.41, 5.74) is 0.543. The van der Waals surface area contributed by atoms with Crippen molar-refractivity contribution in [2.45, 2.75) is 37.9 Å². The maximum absolute atomic E-state index is 13.3. The van der Waals surface area contributed by atoms with E-state index in [1.807, 2.05) is 0 Å². The zero-order valence-corrected chi connectivity index (χ0v) is 18.1. The number of carbonyl (C=O) groups excluding carboxylic acids is 1. The molecule has 10 heteroatoms. The lowest BCUT2D eigenvalue weighted by molar-refractivity contribution is 0.0331. The lowest BCUT2D eigenvalue weighted by atomic mass is 9.95. The molecule has 1 aromatic carbocycles. The lowest BCUT2D eigenvalue weighted by Gasteiger charge is -2.28. The average molecular weight is 445 g/mol. The number of rotatable bonds is 6. The number of fused-ring (bicyclic) bond motifs is 1. The van der Waals surface area contributed by atoms with Gasteiger partial charge in [-0.2, -0.15) is 5.10 Å². The van der Waals surface area contributed by atoms with Crippen LogP contribution >= 0.6 is 0 Å². The molecule has 1 fully saturated rings. The summed E-state index contributed by atoms with van der Waals surface area (Å²) in [5, 5.41) is 7.38. The van der Waals surface area contributed by atoms with E-state index in [2.05, 4.69) is 15.2 Å². The van der Waals surface area contributed by atoms with Crippen molar-refractivity contribution in [3.63, 3.8) is 0 Å². The van der Waals surface area contributed by atoms with Gasteiger partial charge in [0.05, 0.1) is 35.7 Å². The third-order valence-corrected chi connectivity index (χ3v) is 6.40. The molecule has 2 heterocycles. The van der Waals surface area contributed by atoms with Gasteiger partial charge in [0.25, 0.3) is 5.91 Å². The maximum atomic E-state index is 13.3. The second kappa shape index (κ2) is 8.64. The number of amides is 1. The summed E-state index contributed by atoms with van der Waals surface area (Å²) in [4.78, 5) is 17.6. The van der Waals surface area contributed by atoms with Gasteiger partial charge < -0.3 is 9.47 Å². The molecule has 0 unspecified atom stereocenters. The molecule has 3 aromatic rings. The second-order valence-corrected chi connectivity index (χ2v) is 9.39. The Morgan fingerprint density at radius 3 is 2.45 bits per heavy atom. The summed E-state index contributed by atoms with van der Waals surface area (Å²) < 4.78 is 37.2. The molecule has 31 heavy (non-hydrogen) atoms. The predicted molar refractivity (Wildman–Crippen MR) is 116 cm³/mol. The molecule has 1 aliphatic carbocycles. The minimum absolute atomic E-state index is 0.0324. The Bertz CT molecular complexity index is 1170. The molecule has 1 saturated carbocycles. The fourth-order valence-corrected chi connectivity index (χ4v) is 4.70. The smallest absolute Gasteiger partial charge is 0.290 e. The molecule has 1 aliphatic rings. The Morgan fingerprint density at radius 1 is 1.13 bits per heavy atom. The zero-order valence-electron chi connectivity index (χ0n) is 17.3. The quantitative estimate of drug-likeness (QED) is 0.622. The van der Waals surface area contributed by atoms with Gasteiger partial charge >= 0.3 is 0 Å². The summed E-state index contributed by atoms with van der Waals surface area (Å²) in [6.45, 7) is 0. The SMILES string of the molecule is CO[C@H]1CC[C@H](Oc2cc(C(=O)N(c3ccccc3)S(C)(=O)=O)nc3[nH]ncc23)CC1. The standard InChI is InChI=1S/C21H24N4O5S/c1-29-15-8-10-16(11-9-15)30-19-12-18(23-20-17(19)13-22-24-20)21(26)25(31(2,27)28)14-6-4-3-5-7-14/h3-7,12-13,15-16H,8-11H2,1-2H3,(H,22,23,24)/t15-,16-. The molecule has 1 N–H and O–H groups in total. The van der Waals surface area contributed by atoms with Crippen molar-refractivity contribution in [3.8, 4) is 5.75 Å². The van der Waals surface area contributed by atoms with Crippen LogP contribution in [-0.4, -0.2) is 55.1 Å². The number of pyridine rings is 1. The topological polar surface area (TPSA) is 114 Å². The van der Waals surface area contributed by atoms with Gasteiger partial charge in [0.2, 0.25) is 10.0 Å². The first-order chi connectivity index (χ1) is 14.9. The Balaban J connectivity index is 1.68. The minimum atomic E-state index is -3.89. The van der Waals surface area contributed by atoms with Crippen molar-refractivity contribution in [2.75, 3.05) is 17.7 Å². The Hall–Kier alpha value is -2.98. The first-order valence-corrected chi connectivity index (χ1v) is 11.8. The van der Waals surface area contributed by atoms with Crippen LogP contribution in [0.1, 0.15) is 36.2 Å². The molecule has 0 saturated heterocycles. The van der Waals surface area contributed by atoms with Gasteiger partial charge in [-0.15, -0.1) is 0 Å². The number of carbonyl (C=O) groups is 1. The number of sulfonamides is 1. The molecular weight excluding hydrogens is 420 g/mol. The Kier molecular flexibility index (Phi) is 5.92. The number of methoxy groups -OCH3 is 1. The van der Waals surface area contributed by atoms with Crippen molar-refractivity contribution >= 4 is 32.7 Å². The molecule has 164 valence electrons. The molecule has 0 atom stereocenters. The highest BCUT2D eigenvalue weighted by Crippen LogP contribution is 2.31. The van der Waals surface area contributed by atoms with Gasteiger partial charge in [-0.3, -0.25) is 9.89 Å². The van der Waals surface area contributed by atoms with Crippen molar-refractivity contribution in [1.82, 2.24) is 15.2 Å². The monoisotopic (exact) mass is 444 g/mol. The van der Waals surface area contributed by atoms with E-state index >= 15 is 0 Å². The highest BCUT2D eigenvalue weighted by molar-refractivity contribution is 7.92. The molecule has 0 bridgehead atoms. The summed E-state index contributed by atoms with van der Waals surface area (Å²) in [6, 6.07) is 9.67. The number of benzene rings is 1. The maximum Gasteiger partial charge on any atom is 0.290 e. The first-order valence-electron chi connectivity index (χ1n) is 10.00. The van der Waals surface area contributed by atoms with Gasteiger partial charge in [-0.05, 0) is 37.8 Å². The summed E-state index contributed by atoms with van der Waals surface area (Å²) in [6.07, 6.45) is 6.19. The molecule has 2 aromatic heterocycles.